The van der Waals surface area contributed by atoms with E-state index in [0.717, 1.165) is 5.56 Å². The molecule has 3 nitrogen and oxygen atoms in total. The summed E-state index contributed by atoms with van der Waals surface area (Å²) < 4.78 is 5.05. The SMILES string of the molecule is N#Cc1cccc(/C=C/C(=O)OCC2CC2)c1. The van der Waals surface area contributed by atoms with Crippen molar-refractivity contribution in [2.75, 3.05) is 6.61 Å². The molecule has 17 heavy (non-hydrogen) atoms. The first kappa shape index (κ1) is 11.4. The Hall–Kier alpha value is -2.08. The van der Waals surface area contributed by atoms with E-state index in [1.807, 2.05) is 6.07 Å². The van der Waals surface area contributed by atoms with Crippen molar-refractivity contribution in [1.82, 2.24) is 0 Å². The monoisotopic (exact) mass is 227 g/mol. The quantitative estimate of drug-likeness (QED) is 0.586. The van der Waals surface area contributed by atoms with Crippen LogP contribution in [0.3, 0.4) is 0 Å². The zero-order valence-electron chi connectivity index (χ0n) is 9.43. The minimum Gasteiger partial charge on any atom is -0.462 e. The highest BCUT2D eigenvalue weighted by atomic mass is 16.5. The van der Waals surface area contributed by atoms with Crippen molar-refractivity contribution < 1.29 is 9.53 Å². The number of hydrogen-bond donors (Lipinski definition) is 0. The number of benzene rings is 1. The van der Waals surface area contributed by atoms with E-state index in [-0.39, 0.29) is 5.97 Å². The molecule has 0 aliphatic heterocycles. The second-order valence-corrected chi connectivity index (χ2v) is 4.14. The molecule has 2 rings (SSSR count). The maximum Gasteiger partial charge on any atom is 0.330 e. The first-order chi connectivity index (χ1) is 8.28. The molecule has 0 spiro atoms. The molecule has 1 aliphatic carbocycles. The maximum absolute atomic E-state index is 11.3. The van der Waals surface area contributed by atoms with E-state index >= 15 is 0 Å². The summed E-state index contributed by atoms with van der Waals surface area (Å²) in [6, 6.07) is 9.13. The highest BCUT2D eigenvalue weighted by Crippen LogP contribution is 2.28. The van der Waals surface area contributed by atoms with Gasteiger partial charge in [0.05, 0.1) is 18.2 Å². The van der Waals surface area contributed by atoms with Gasteiger partial charge in [0.25, 0.3) is 0 Å². The fraction of sp³-hybridized carbons (Fsp3) is 0.286. The molecule has 3 heteroatoms. The Kier molecular flexibility index (Phi) is 3.56. The molecule has 0 unspecified atom stereocenters. The van der Waals surface area contributed by atoms with E-state index in [2.05, 4.69) is 6.07 Å². The van der Waals surface area contributed by atoms with E-state index in [1.54, 1.807) is 24.3 Å². The molecular formula is C14H13NO2. The Labute approximate surface area is 100 Å². The topological polar surface area (TPSA) is 50.1 Å². The third kappa shape index (κ3) is 3.76. The summed E-state index contributed by atoms with van der Waals surface area (Å²) in [6.45, 7) is 0.529. The predicted molar refractivity (Wildman–Crippen MR) is 63.9 cm³/mol. The van der Waals surface area contributed by atoms with E-state index in [1.165, 1.54) is 18.9 Å². The molecule has 0 N–H and O–H groups in total. The number of ether oxygens (including phenoxy) is 1. The fourth-order valence-corrected chi connectivity index (χ4v) is 1.41. The molecule has 0 atom stereocenters. The first-order valence-electron chi connectivity index (χ1n) is 5.63. The molecule has 1 aliphatic rings. The lowest BCUT2D eigenvalue weighted by Crippen LogP contribution is -2.03. The van der Waals surface area contributed by atoms with Gasteiger partial charge in [-0.3, -0.25) is 0 Å². The number of hydrogen-bond acceptors (Lipinski definition) is 3. The van der Waals surface area contributed by atoms with Gasteiger partial charge in [-0.05, 0) is 42.5 Å². The van der Waals surface area contributed by atoms with E-state index in [0.29, 0.717) is 18.1 Å². The molecule has 0 bridgehead atoms. The molecule has 1 aromatic carbocycles. The van der Waals surface area contributed by atoms with Crippen LogP contribution in [-0.2, 0) is 9.53 Å². The van der Waals surface area contributed by atoms with E-state index < -0.39 is 0 Å². The number of nitriles is 1. The van der Waals surface area contributed by atoms with Crippen LogP contribution in [0.4, 0.5) is 0 Å². The second-order valence-electron chi connectivity index (χ2n) is 4.14. The molecule has 1 saturated carbocycles. The molecule has 0 saturated heterocycles. The van der Waals surface area contributed by atoms with Gasteiger partial charge >= 0.3 is 5.97 Å². The molecule has 86 valence electrons. The van der Waals surface area contributed by atoms with Crippen LogP contribution in [0.2, 0.25) is 0 Å². The number of nitrogens with zero attached hydrogens (tertiary/aromatic N) is 1. The lowest BCUT2D eigenvalue weighted by Gasteiger charge is -1.98. The highest BCUT2D eigenvalue weighted by Gasteiger charge is 2.22. The van der Waals surface area contributed by atoms with Gasteiger partial charge in [0.2, 0.25) is 0 Å². The van der Waals surface area contributed by atoms with Crippen molar-refractivity contribution in [2.45, 2.75) is 12.8 Å². The summed E-state index contributed by atoms with van der Waals surface area (Å²) in [4.78, 5) is 11.3. The van der Waals surface area contributed by atoms with Crippen LogP contribution in [0, 0.1) is 17.2 Å². The van der Waals surface area contributed by atoms with Crippen LogP contribution in [0.1, 0.15) is 24.0 Å². The van der Waals surface area contributed by atoms with E-state index in [4.69, 9.17) is 10.00 Å². The van der Waals surface area contributed by atoms with Crippen LogP contribution in [-0.4, -0.2) is 12.6 Å². The Balaban J connectivity index is 1.89. The molecule has 0 heterocycles. The minimum atomic E-state index is -0.320. The number of carbonyl (C=O) groups excluding carboxylic acids is 1. The average Bonchev–Trinajstić information content (AvgIpc) is 3.18. The zero-order valence-corrected chi connectivity index (χ0v) is 9.43. The third-order valence-corrected chi connectivity index (χ3v) is 2.59. The summed E-state index contributed by atoms with van der Waals surface area (Å²) >= 11 is 0. The Morgan fingerprint density at radius 1 is 1.53 bits per heavy atom. The number of carbonyl (C=O) groups is 1. The van der Waals surface area contributed by atoms with Gasteiger partial charge in [-0.25, -0.2) is 4.79 Å². The second kappa shape index (κ2) is 5.31. The molecule has 0 aromatic heterocycles. The number of esters is 1. The zero-order chi connectivity index (χ0) is 12.1. The van der Waals surface area contributed by atoms with Gasteiger partial charge in [-0.2, -0.15) is 5.26 Å². The first-order valence-corrected chi connectivity index (χ1v) is 5.63. The van der Waals surface area contributed by atoms with Gasteiger partial charge < -0.3 is 4.74 Å². The average molecular weight is 227 g/mol. The Bertz CT molecular complexity index is 481. The molecule has 0 amide bonds. The minimum absolute atomic E-state index is 0.320. The van der Waals surface area contributed by atoms with Crippen molar-refractivity contribution >= 4 is 12.0 Å². The van der Waals surface area contributed by atoms with Crippen LogP contribution in [0.5, 0.6) is 0 Å². The molecular weight excluding hydrogens is 214 g/mol. The molecule has 1 aromatic rings. The smallest absolute Gasteiger partial charge is 0.330 e. The molecule has 0 radical (unpaired) electrons. The Morgan fingerprint density at radius 2 is 2.35 bits per heavy atom. The van der Waals surface area contributed by atoms with E-state index in [9.17, 15) is 4.79 Å². The lowest BCUT2D eigenvalue weighted by molar-refractivity contribution is -0.138. The van der Waals surface area contributed by atoms with Crippen molar-refractivity contribution in [2.24, 2.45) is 5.92 Å². The predicted octanol–water partition coefficient (Wildman–Crippen LogP) is 2.52. The van der Waals surface area contributed by atoms with Gasteiger partial charge in [0, 0.05) is 6.08 Å². The van der Waals surface area contributed by atoms with Crippen LogP contribution >= 0.6 is 0 Å². The summed E-state index contributed by atoms with van der Waals surface area (Å²) in [5, 5.41) is 8.73. The van der Waals surface area contributed by atoms with Crippen LogP contribution < -0.4 is 0 Å². The van der Waals surface area contributed by atoms with Crippen LogP contribution in [0.25, 0.3) is 6.08 Å². The summed E-state index contributed by atoms with van der Waals surface area (Å²) in [5.74, 6) is 0.258. The lowest BCUT2D eigenvalue weighted by atomic mass is 10.1. The van der Waals surface area contributed by atoms with Crippen molar-refractivity contribution in [3.63, 3.8) is 0 Å². The number of rotatable bonds is 4. The summed E-state index contributed by atoms with van der Waals surface area (Å²) in [6.07, 6.45) is 5.40. The highest BCUT2D eigenvalue weighted by molar-refractivity contribution is 5.87. The van der Waals surface area contributed by atoms with Crippen molar-refractivity contribution in [1.29, 1.82) is 5.26 Å². The summed E-state index contributed by atoms with van der Waals surface area (Å²) in [5.41, 5.74) is 1.41. The Morgan fingerprint density at radius 3 is 3.06 bits per heavy atom. The fourth-order valence-electron chi connectivity index (χ4n) is 1.41. The molecule has 1 fully saturated rings. The van der Waals surface area contributed by atoms with Crippen molar-refractivity contribution in [3.8, 4) is 6.07 Å². The standard InChI is InChI=1S/C14H13NO2/c15-9-13-3-1-2-11(8-13)6-7-14(16)17-10-12-4-5-12/h1-3,6-8,12H,4-5,10H2/b7-6+. The summed E-state index contributed by atoms with van der Waals surface area (Å²) in [7, 11) is 0. The largest absolute Gasteiger partial charge is 0.462 e. The van der Waals surface area contributed by atoms with Gasteiger partial charge in [0.1, 0.15) is 0 Å². The van der Waals surface area contributed by atoms with Gasteiger partial charge in [-0.15, -0.1) is 0 Å². The van der Waals surface area contributed by atoms with Gasteiger partial charge in [-0.1, -0.05) is 12.1 Å². The maximum atomic E-state index is 11.3. The van der Waals surface area contributed by atoms with Crippen molar-refractivity contribution in [3.05, 3.63) is 41.5 Å². The third-order valence-electron chi connectivity index (χ3n) is 2.59. The van der Waals surface area contributed by atoms with Crippen LogP contribution in [0.15, 0.2) is 30.3 Å². The van der Waals surface area contributed by atoms with Gasteiger partial charge in [0.15, 0.2) is 0 Å². The normalized spacial score (nSPS) is 14.5.